The minimum atomic E-state index is -10.7. The third kappa shape index (κ3) is 31.2. The number of rotatable bonds is 26. The van der Waals surface area contributed by atoms with Gasteiger partial charge in [0.2, 0.25) is 0 Å². The van der Waals surface area contributed by atoms with Crippen molar-refractivity contribution in [3.05, 3.63) is 29.1 Å². The molecule has 0 bridgehead atoms. The summed E-state index contributed by atoms with van der Waals surface area (Å²) in [6.45, 7) is 10.9. The van der Waals surface area contributed by atoms with Crippen LogP contribution in [0.1, 0.15) is 192 Å². The van der Waals surface area contributed by atoms with Crippen LogP contribution in [0.5, 0.6) is 0 Å². The average Bonchev–Trinajstić information content (AvgIpc) is 2.92. The summed E-state index contributed by atoms with van der Waals surface area (Å²) in [6.07, 6.45) is 30.6. The number of hydrogen-bond donors (Lipinski definition) is 0. The maximum absolute atomic E-state index is 12.6. The summed E-state index contributed by atoms with van der Waals surface area (Å²) in [4.78, 5) is 12.6. The summed E-state index contributed by atoms with van der Waals surface area (Å²) < 4.78 is 67.4. The Morgan fingerprint density at radius 2 is 0.978 bits per heavy atom. The molecule has 0 saturated heterocycles. The van der Waals surface area contributed by atoms with Crippen molar-refractivity contribution in [2.45, 2.75) is 195 Å². The van der Waals surface area contributed by atoms with Gasteiger partial charge in [-0.05, 0) is 25.3 Å². The summed E-state index contributed by atoms with van der Waals surface area (Å²) in [5, 5.41) is 0. The van der Waals surface area contributed by atoms with Crippen molar-refractivity contribution in [3.8, 4) is 0 Å². The van der Waals surface area contributed by atoms with Crippen LogP contribution >= 0.6 is 7.81 Å². The van der Waals surface area contributed by atoms with E-state index in [4.69, 9.17) is 4.74 Å². The predicted molar refractivity (Wildman–Crippen MR) is 182 cm³/mol. The fourth-order valence-corrected chi connectivity index (χ4v) is 5.92. The summed E-state index contributed by atoms with van der Waals surface area (Å²) in [6, 6.07) is 4.50. The third-order valence-corrected chi connectivity index (χ3v) is 8.21. The molecular weight excluding hydrogens is 623 g/mol. The van der Waals surface area contributed by atoms with Crippen molar-refractivity contribution in [2.24, 2.45) is 0 Å². The molecule has 1 rings (SSSR count). The van der Waals surface area contributed by atoms with E-state index in [1.807, 2.05) is 6.92 Å². The molecule has 0 N–H and O–H groups in total. The zero-order chi connectivity index (χ0) is 35.0. The number of carbonyl (C=O) groups is 1. The predicted octanol–water partition coefficient (Wildman–Crippen LogP) is 14.6. The number of aryl methyl sites for hydroxylation is 3. The summed E-state index contributed by atoms with van der Waals surface area (Å²) in [7, 11) is -10.7. The first-order valence-electron chi connectivity index (χ1n) is 18.2. The maximum atomic E-state index is 12.6. The van der Waals surface area contributed by atoms with Crippen molar-refractivity contribution in [1.29, 1.82) is 0 Å². The summed E-state index contributed by atoms with van der Waals surface area (Å²) >= 11 is 0. The van der Waals surface area contributed by atoms with Crippen LogP contribution in [0.3, 0.4) is 0 Å². The quantitative estimate of drug-likeness (QED) is 0.0319. The number of nitrogens with zero attached hydrogens (tertiary/aromatic N) is 1. The zero-order valence-electron chi connectivity index (χ0n) is 29.7. The molecule has 46 heavy (non-hydrogen) atoms. The van der Waals surface area contributed by atoms with E-state index in [2.05, 4.69) is 44.4 Å². The standard InChI is InChI=1S/C36H66NO2.F6P/c1-6-8-10-12-14-16-17-18-19-21-22-24-26-28-35-31-32(3)30-33(4)37(35)34(5)39-36(38)29-27-25-23-20-15-13-11-9-7-2;1-7(2,3,4,5)6/h30-31,34H,6-29H2,1-5H3;/q+1;-1. The second-order valence-electron chi connectivity index (χ2n) is 13.2. The SMILES string of the molecule is CCCCCCCCCCCCCCCc1cc(C)cc(C)[n+]1C(C)OC(=O)CCCCCCCCCCC.F[P-](F)(F)(F)(F)F. The molecule has 0 amide bonds. The van der Waals surface area contributed by atoms with Crippen molar-refractivity contribution in [2.75, 3.05) is 0 Å². The van der Waals surface area contributed by atoms with E-state index < -0.39 is 7.81 Å². The Morgan fingerprint density at radius 1 is 0.630 bits per heavy atom. The van der Waals surface area contributed by atoms with Crippen LogP contribution in [0.2, 0.25) is 0 Å². The van der Waals surface area contributed by atoms with Crippen molar-refractivity contribution in [3.63, 3.8) is 0 Å². The number of aromatic nitrogens is 1. The molecule has 1 atom stereocenters. The molecule has 0 fully saturated rings. The number of carbonyl (C=O) groups excluding carboxylic acids is 1. The van der Waals surface area contributed by atoms with Gasteiger partial charge in [-0.25, -0.2) is 0 Å². The molecule has 1 unspecified atom stereocenters. The molecule has 0 aliphatic heterocycles. The van der Waals surface area contributed by atoms with Gasteiger partial charge in [0.05, 0.1) is 0 Å². The minimum absolute atomic E-state index is 0.0511. The topological polar surface area (TPSA) is 30.2 Å². The van der Waals surface area contributed by atoms with Gasteiger partial charge in [0.25, 0.3) is 0 Å². The molecule has 0 spiro atoms. The molecule has 3 nitrogen and oxygen atoms in total. The van der Waals surface area contributed by atoms with E-state index in [-0.39, 0.29) is 12.2 Å². The Labute approximate surface area is 276 Å². The fourth-order valence-electron chi connectivity index (χ4n) is 5.92. The number of unbranched alkanes of at least 4 members (excludes halogenated alkanes) is 20. The molecule has 0 aliphatic carbocycles. The first-order valence-corrected chi connectivity index (χ1v) is 20.2. The third-order valence-electron chi connectivity index (χ3n) is 8.21. The van der Waals surface area contributed by atoms with Crippen LogP contribution in [-0.2, 0) is 16.0 Å². The Hall–Kier alpha value is -1.37. The van der Waals surface area contributed by atoms with Gasteiger partial charge >= 0.3 is 45.2 Å². The van der Waals surface area contributed by atoms with E-state index in [1.165, 1.54) is 145 Å². The number of pyridine rings is 1. The van der Waals surface area contributed by atoms with E-state index in [9.17, 15) is 30.0 Å². The summed E-state index contributed by atoms with van der Waals surface area (Å²) in [5.41, 5.74) is 3.78. The Balaban J connectivity index is 0.00000258. The molecule has 0 saturated carbocycles. The molecular formula is C36H66F6NO2P. The Morgan fingerprint density at radius 3 is 1.37 bits per heavy atom. The van der Waals surface area contributed by atoms with Crippen LogP contribution in [0.15, 0.2) is 12.1 Å². The van der Waals surface area contributed by atoms with E-state index in [0.717, 1.165) is 19.3 Å². The first-order chi connectivity index (χ1) is 21.4. The van der Waals surface area contributed by atoms with Gasteiger partial charge in [-0.3, -0.25) is 4.79 Å². The Bertz CT molecular complexity index is 929. The fraction of sp³-hybridized carbons (Fsp3) is 0.833. The molecule has 1 heterocycles. The van der Waals surface area contributed by atoms with E-state index in [1.54, 1.807) is 0 Å². The Kier molecular flexibility index (Phi) is 22.4. The van der Waals surface area contributed by atoms with Crippen LogP contribution in [0.25, 0.3) is 0 Å². The normalized spacial score (nSPS) is 13.8. The van der Waals surface area contributed by atoms with Gasteiger partial charge in [-0.1, -0.05) is 142 Å². The number of hydrogen-bond acceptors (Lipinski definition) is 2. The molecule has 274 valence electrons. The number of halogens is 6. The molecule has 0 radical (unpaired) electrons. The van der Waals surface area contributed by atoms with Crippen molar-refractivity contribution in [1.82, 2.24) is 0 Å². The first kappa shape index (κ1) is 44.6. The van der Waals surface area contributed by atoms with Crippen LogP contribution in [-0.4, -0.2) is 5.97 Å². The summed E-state index contributed by atoms with van der Waals surface area (Å²) in [5.74, 6) is -0.0511. The van der Waals surface area contributed by atoms with Gasteiger partial charge in [0.15, 0.2) is 11.4 Å². The second kappa shape index (κ2) is 23.1. The van der Waals surface area contributed by atoms with Crippen molar-refractivity contribution >= 4 is 13.8 Å². The second-order valence-corrected chi connectivity index (χ2v) is 15.1. The van der Waals surface area contributed by atoms with Crippen LogP contribution in [0, 0.1) is 13.8 Å². The molecule has 10 heteroatoms. The van der Waals surface area contributed by atoms with Gasteiger partial charge in [-0.15, -0.1) is 0 Å². The average molecular weight is 690 g/mol. The van der Waals surface area contributed by atoms with Gasteiger partial charge in [0.1, 0.15) is 0 Å². The number of esters is 1. The molecule has 1 aromatic rings. The molecule has 1 aromatic heterocycles. The molecule has 0 aromatic carbocycles. The molecule has 0 aliphatic rings. The van der Waals surface area contributed by atoms with Crippen LogP contribution in [0.4, 0.5) is 25.2 Å². The van der Waals surface area contributed by atoms with Gasteiger partial charge in [-0.2, -0.15) is 4.57 Å². The van der Waals surface area contributed by atoms with E-state index >= 15 is 0 Å². The zero-order valence-corrected chi connectivity index (χ0v) is 30.6. The van der Waals surface area contributed by atoms with Gasteiger partial charge < -0.3 is 4.74 Å². The number of ether oxygens (including phenoxy) is 1. The monoisotopic (exact) mass is 689 g/mol. The van der Waals surface area contributed by atoms with E-state index in [0.29, 0.717) is 6.42 Å². The van der Waals surface area contributed by atoms with Crippen molar-refractivity contribution < 1.29 is 39.3 Å². The van der Waals surface area contributed by atoms with Crippen LogP contribution < -0.4 is 4.57 Å². The van der Waals surface area contributed by atoms with Gasteiger partial charge in [0, 0.05) is 38.8 Å².